The highest BCUT2D eigenvalue weighted by Crippen LogP contribution is 2.22. The molecule has 2 amide bonds. The molecule has 2 aliphatic rings. The Hall–Kier alpha value is -1.85. The van der Waals surface area contributed by atoms with Gasteiger partial charge in [-0.2, -0.15) is 0 Å². The van der Waals surface area contributed by atoms with Crippen LogP contribution in [0.2, 0.25) is 0 Å². The largest absolute Gasteiger partial charge is 0.348 e. The first-order valence-corrected chi connectivity index (χ1v) is 9.77. The van der Waals surface area contributed by atoms with E-state index in [2.05, 4.69) is 15.6 Å². The molecule has 138 valence electrons. The third kappa shape index (κ3) is 4.22. The van der Waals surface area contributed by atoms with Gasteiger partial charge in [-0.25, -0.2) is 4.98 Å². The number of imidazole rings is 1. The molecule has 1 fully saturated rings. The Balaban J connectivity index is 1.81. The Morgan fingerprint density at radius 3 is 2.44 bits per heavy atom. The molecule has 6 heteroatoms. The van der Waals surface area contributed by atoms with Crippen molar-refractivity contribution < 1.29 is 9.59 Å². The quantitative estimate of drug-likeness (QED) is 0.823. The van der Waals surface area contributed by atoms with Gasteiger partial charge in [0.05, 0.1) is 5.69 Å². The van der Waals surface area contributed by atoms with Crippen molar-refractivity contribution >= 4 is 11.8 Å². The topological polar surface area (TPSA) is 76.0 Å². The SMILES string of the molecule is CC(C)NC(=O)c1nc(C(=O)NC2CCCCCC2)c2n1CCCC2. The molecule has 0 aromatic carbocycles. The van der Waals surface area contributed by atoms with Crippen LogP contribution in [0.1, 0.15) is 92.0 Å². The number of hydrogen-bond acceptors (Lipinski definition) is 3. The molecule has 0 saturated heterocycles. The van der Waals surface area contributed by atoms with Gasteiger partial charge in [-0.3, -0.25) is 9.59 Å². The van der Waals surface area contributed by atoms with E-state index in [1.54, 1.807) is 0 Å². The van der Waals surface area contributed by atoms with E-state index in [9.17, 15) is 9.59 Å². The fourth-order valence-corrected chi connectivity index (χ4v) is 3.90. The van der Waals surface area contributed by atoms with E-state index in [0.29, 0.717) is 11.5 Å². The first-order valence-electron chi connectivity index (χ1n) is 9.77. The highest BCUT2D eigenvalue weighted by Gasteiger charge is 2.28. The Kier molecular flexibility index (Phi) is 5.76. The average Bonchev–Trinajstić information content (AvgIpc) is 2.78. The lowest BCUT2D eigenvalue weighted by Crippen LogP contribution is -2.35. The second-order valence-electron chi connectivity index (χ2n) is 7.63. The van der Waals surface area contributed by atoms with Crippen LogP contribution >= 0.6 is 0 Å². The van der Waals surface area contributed by atoms with E-state index in [1.807, 2.05) is 18.4 Å². The van der Waals surface area contributed by atoms with Gasteiger partial charge in [0.25, 0.3) is 11.8 Å². The Labute approximate surface area is 149 Å². The van der Waals surface area contributed by atoms with Crippen molar-refractivity contribution in [3.63, 3.8) is 0 Å². The third-order valence-corrected chi connectivity index (χ3v) is 5.15. The van der Waals surface area contributed by atoms with E-state index < -0.39 is 0 Å². The maximum Gasteiger partial charge on any atom is 0.287 e. The minimum Gasteiger partial charge on any atom is -0.348 e. The molecule has 0 atom stereocenters. The molecule has 1 saturated carbocycles. The Bertz CT molecular complexity index is 628. The van der Waals surface area contributed by atoms with Crippen LogP contribution < -0.4 is 10.6 Å². The Morgan fingerprint density at radius 2 is 1.76 bits per heavy atom. The number of nitrogens with zero attached hydrogens (tertiary/aromatic N) is 2. The van der Waals surface area contributed by atoms with Crippen LogP contribution in [0.15, 0.2) is 0 Å². The summed E-state index contributed by atoms with van der Waals surface area (Å²) in [7, 11) is 0. The zero-order valence-electron chi connectivity index (χ0n) is 15.4. The second-order valence-corrected chi connectivity index (χ2v) is 7.63. The summed E-state index contributed by atoms with van der Waals surface area (Å²) in [6.07, 6.45) is 9.83. The Morgan fingerprint density at radius 1 is 1.04 bits per heavy atom. The lowest BCUT2D eigenvalue weighted by molar-refractivity contribution is 0.0925. The van der Waals surface area contributed by atoms with E-state index in [0.717, 1.165) is 44.3 Å². The number of fused-ring (bicyclic) bond motifs is 1. The maximum absolute atomic E-state index is 12.8. The summed E-state index contributed by atoms with van der Waals surface area (Å²) in [5.74, 6) is 0.0854. The van der Waals surface area contributed by atoms with Crippen molar-refractivity contribution in [3.8, 4) is 0 Å². The lowest BCUT2D eigenvalue weighted by Gasteiger charge is -2.19. The van der Waals surface area contributed by atoms with Gasteiger partial charge in [-0.15, -0.1) is 0 Å². The predicted molar refractivity (Wildman–Crippen MR) is 96.7 cm³/mol. The van der Waals surface area contributed by atoms with E-state index in [1.165, 1.54) is 25.7 Å². The van der Waals surface area contributed by atoms with Gasteiger partial charge in [-0.05, 0) is 46.0 Å². The van der Waals surface area contributed by atoms with E-state index >= 15 is 0 Å². The van der Waals surface area contributed by atoms with Gasteiger partial charge in [0.15, 0.2) is 5.82 Å². The fourth-order valence-electron chi connectivity index (χ4n) is 3.90. The smallest absolute Gasteiger partial charge is 0.287 e. The predicted octanol–water partition coefficient (Wildman–Crippen LogP) is 2.81. The molecule has 2 heterocycles. The summed E-state index contributed by atoms with van der Waals surface area (Å²) in [6, 6.07) is 0.288. The van der Waals surface area contributed by atoms with E-state index in [-0.39, 0.29) is 23.9 Å². The number of hydrogen-bond donors (Lipinski definition) is 2. The zero-order valence-corrected chi connectivity index (χ0v) is 15.4. The molecule has 0 radical (unpaired) electrons. The van der Waals surface area contributed by atoms with Gasteiger partial charge in [0.2, 0.25) is 0 Å². The summed E-state index contributed by atoms with van der Waals surface area (Å²) in [6.45, 7) is 4.62. The van der Waals surface area contributed by atoms with Crippen molar-refractivity contribution in [2.75, 3.05) is 0 Å². The van der Waals surface area contributed by atoms with Crippen LogP contribution in [0.25, 0.3) is 0 Å². The first kappa shape index (κ1) is 18.0. The molecule has 1 aliphatic heterocycles. The third-order valence-electron chi connectivity index (χ3n) is 5.15. The molecule has 25 heavy (non-hydrogen) atoms. The summed E-state index contributed by atoms with van der Waals surface area (Å²) in [5, 5.41) is 6.07. The van der Waals surface area contributed by atoms with Gasteiger partial charge in [0, 0.05) is 18.6 Å². The second kappa shape index (κ2) is 8.02. The van der Waals surface area contributed by atoms with Crippen molar-refractivity contribution in [3.05, 3.63) is 17.2 Å². The molecule has 1 aromatic heterocycles. The van der Waals surface area contributed by atoms with Crippen LogP contribution in [0.3, 0.4) is 0 Å². The van der Waals surface area contributed by atoms with Crippen LogP contribution in [0.4, 0.5) is 0 Å². The summed E-state index contributed by atoms with van der Waals surface area (Å²) >= 11 is 0. The van der Waals surface area contributed by atoms with Gasteiger partial charge >= 0.3 is 0 Å². The van der Waals surface area contributed by atoms with Crippen LogP contribution in [0.5, 0.6) is 0 Å². The highest BCUT2D eigenvalue weighted by molar-refractivity contribution is 5.97. The molecule has 0 spiro atoms. The molecule has 0 unspecified atom stereocenters. The van der Waals surface area contributed by atoms with Crippen molar-refractivity contribution in [2.45, 2.75) is 90.3 Å². The number of nitrogens with one attached hydrogen (secondary N) is 2. The molecule has 1 aliphatic carbocycles. The van der Waals surface area contributed by atoms with Crippen LogP contribution in [-0.4, -0.2) is 33.4 Å². The average molecular weight is 346 g/mol. The number of carbonyl (C=O) groups is 2. The van der Waals surface area contributed by atoms with Gasteiger partial charge in [-0.1, -0.05) is 25.7 Å². The monoisotopic (exact) mass is 346 g/mol. The van der Waals surface area contributed by atoms with Crippen LogP contribution in [-0.2, 0) is 13.0 Å². The molecular weight excluding hydrogens is 316 g/mol. The van der Waals surface area contributed by atoms with E-state index in [4.69, 9.17) is 0 Å². The summed E-state index contributed by atoms with van der Waals surface area (Å²) < 4.78 is 1.95. The molecular formula is C19H30N4O2. The zero-order chi connectivity index (χ0) is 17.8. The van der Waals surface area contributed by atoms with Gasteiger partial charge in [0.1, 0.15) is 5.69 Å². The normalized spacial score (nSPS) is 18.5. The molecule has 1 aromatic rings. The molecule has 6 nitrogen and oxygen atoms in total. The first-order chi connectivity index (χ1) is 12.1. The minimum absolute atomic E-state index is 0.0484. The van der Waals surface area contributed by atoms with Crippen molar-refractivity contribution in [1.82, 2.24) is 20.2 Å². The number of rotatable bonds is 4. The van der Waals surface area contributed by atoms with Crippen molar-refractivity contribution in [1.29, 1.82) is 0 Å². The lowest BCUT2D eigenvalue weighted by atomic mass is 10.1. The summed E-state index contributed by atoms with van der Waals surface area (Å²) in [4.78, 5) is 29.8. The maximum atomic E-state index is 12.8. The molecule has 3 rings (SSSR count). The fraction of sp³-hybridized carbons (Fsp3) is 0.737. The number of amides is 2. The molecule has 2 N–H and O–H groups in total. The van der Waals surface area contributed by atoms with Gasteiger partial charge < -0.3 is 15.2 Å². The highest BCUT2D eigenvalue weighted by atomic mass is 16.2. The van der Waals surface area contributed by atoms with Crippen molar-refractivity contribution in [2.24, 2.45) is 0 Å². The van der Waals surface area contributed by atoms with Crippen LogP contribution in [0, 0.1) is 0 Å². The summed E-state index contributed by atoms with van der Waals surface area (Å²) in [5.41, 5.74) is 1.38. The standard InChI is InChI=1S/C19H30N4O2/c1-13(2)20-19(25)17-22-16(15-11-7-8-12-23(15)17)18(24)21-14-9-5-3-4-6-10-14/h13-14H,3-12H2,1-2H3,(H,20,25)(H,21,24). The molecule has 0 bridgehead atoms. The minimum atomic E-state index is -0.188. The number of carbonyl (C=O) groups excluding carboxylic acids is 2. The number of aromatic nitrogens is 2.